The third-order valence-electron chi connectivity index (χ3n) is 11.5. The Balaban J connectivity index is 1.33. The van der Waals surface area contributed by atoms with Crippen LogP contribution in [0.1, 0.15) is 41.3 Å². The van der Waals surface area contributed by atoms with E-state index in [1.165, 1.54) is 11.1 Å². The molecule has 0 bridgehead atoms. The van der Waals surface area contributed by atoms with E-state index in [0.29, 0.717) is 24.6 Å². The molecule has 1 aliphatic carbocycles. The molecule has 0 saturated carbocycles. The summed E-state index contributed by atoms with van der Waals surface area (Å²) in [6.07, 6.45) is 15.7. The number of rotatable bonds is 12. The monoisotopic (exact) mass is 839 g/mol. The van der Waals surface area contributed by atoms with E-state index in [1.54, 1.807) is 0 Å². The lowest BCUT2D eigenvalue weighted by molar-refractivity contribution is 1.06. The van der Waals surface area contributed by atoms with Crippen LogP contribution in [0.2, 0.25) is 0 Å². The molecule has 9 rings (SSSR count). The Morgan fingerprint density at radius 3 is 1.78 bits per heavy atom. The molecule has 8 aromatic rings. The summed E-state index contributed by atoms with van der Waals surface area (Å²) in [5.74, 6) is 1.06. The first-order valence-electron chi connectivity index (χ1n) is 22.0. The van der Waals surface area contributed by atoms with Gasteiger partial charge in [0.2, 0.25) is 0 Å². The topological polar surface area (TPSA) is 45.2 Å². The fraction of sp³-hybridized carbons (Fsp3) is 0.0500. The summed E-state index contributed by atoms with van der Waals surface area (Å²) in [7, 11) is 0. The van der Waals surface area contributed by atoms with Crippen molar-refractivity contribution in [3.05, 3.63) is 259 Å². The standard InChI is InChI=1S/C60H49N5/c1-4-21-50(22-5-2)65-54-34-20-31-53(60(62-43-44-23-10-6-11-24-44)63-59(61-3)49-29-16-9-17-30-49)57(54)58-55(32-18-19-33-56(58)65)64(51-39-35-47(36-40-51)45-25-12-7-13-26-45)52-41-37-48(38-42-52)46-27-14-8-15-28-46/h4-17,19-42H,1,3,18,43H2,2H3/b22-5-,50-21+,62-60?,63-59?. The van der Waals surface area contributed by atoms with Gasteiger partial charge in [-0.15, -0.1) is 0 Å². The number of nitrogens with zero attached hydrogens (tertiary/aromatic N) is 5. The van der Waals surface area contributed by atoms with Gasteiger partial charge in [0.25, 0.3) is 0 Å². The smallest absolute Gasteiger partial charge is 0.161 e. The summed E-state index contributed by atoms with van der Waals surface area (Å²) in [5, 5.41) is 1.01. The third kappa shape index (κ3) is 8.95. The molecule has 0 radical (unpaired) electrons. The van der Waals surface area contributed by atoms with E-state index in [2.05, 4.69) is 204 Å². The molecule has 0 unspecified atom stereocenters. The van der Waals surface area contributed by atoms with Crippen LogP contribution in [0.25, 0.3) is 50.6 Å². The van der Waals surface area contributed by atoms with E-state index in [0.717, 1.165) is 72.7 Å². The predicted octanol–water partition coefficient (Wildman–Crippen LogP) is 15.3. The number of allylic oxidation sites excluding steroid dienone is 7. The Bertz CT molecular complexity index is 3050. The lowest BCUT2D eigenvalue weighted by Crippen LogP contribution is -2.16. The van der Waals surface area contributed by atoms with Crippen LogP contribution in [0, 0.1) is 0 Å². The maximum absolute atomic E-state index is 5.33. The molecule has 0 atom stereocenters. The van der Waals surface area contributed by atoms with Crippen LogP contribution in [-0.2, 0) is 6.54 Å². The van der Waals surface area contributed by atoms with Crippen LogP contribution in [0.5, 0.6) is 0 Å². The first kappa shape index (κ1) is 41.9. The first-order valence-corrected chi connectivity index (χ1v) is 22.0. The molecular weight excluding hydrogens is 791 g/mol. The molecule has 0 fully saturated rings. The first-order chi connectivity index (χ1) is 32.1. The van der Waals surface area contributed by atoms with Gasteiger partial charge >= 0.3 is 0 Å². The van der Waals surface area contributed by atoms with Crippen LogP contribution in [0.4, 0.5) is 11.4 Å². The van der Waals surface area contributed by atoms with Gasteiger partial charge in [0, 0.05) is 39.1 Å². The molecule has 0 aliphatic heterocycles. The minimum absolute atomic E-state index is 0.425. The van der Waals surface area contributed by atoms with Gasteiger partial charge < -0.3 is 9.47 Å². The van der Waals surface area contributed by atoms with Gasteiger partial charge in [-0.05, 0) is 96.4 Å². The lowest BCUT2D eigenvalue weighted by atomic mass is 9.98. The van der Waals surface area contributed by atoms with E-state index < -0.39 is 0 Å². The number of amidine groups is 2. The number of aliphatic imine (C=N–C) groups is 3. The zero-order chi connectivity index (χ0) is 44.4. The summed E-state index contributed by atoms with van der Waals surface area (Å²) in [5.41, 5.74) is 14.6. The van der Waals surface area contributed by atoms with Crippen molar-refractivity contribution in [1.29, 1.82) is 0 Å². The molecule has 65 heavy (non-hydrogen) atoms. The summed E-state index contributed by atoms with van der Waals surface area (Å²) in [6.45, 7) is 10.6. The molecule has 1 aromatic heterocycles. The number of fused-ring (bicyclic) bond motifs is 3. The maximum Gasteiger partial charge on any atom is 0.161 e. The van der Waals surface area contributed by atoms with Crippen molar-refractivity contribution in [2.24, 2.45) is 15.0 Å². The molecule has 0 N–H and O–H groups in total. The van der Waals surface area contributed by atoms with Crippen LogP contribution >= 0.6 is 0 Å². The van der Waals surface area contributed by atoms with Gasteiger partial charge in [-0.1, -0.05) is 189 Å². The quantitative estimate of drug-likeness (QED) is 0.0687. The van der Waals surface area contributed by atoms with Crippen molar-refractivity contribution >= 4 is 58.1 Å². The van der Waals surface area contributed by atoms with E-state index in [4.69, 9.17) is 9.98 Å². The van der Waals surface area contributed by atoms with Gasteiger partial charge in [0.15, 0.2) is 11.7 Å². The minimum Gasteiger partial charge on any atom is -0.310 e. The Kier molecular flexibility index (Phi) is 12.7. The van der Waals surface area contributed by atoms with Crippen molar-refractivity contribution < 1.29 is 0 Å². The van der Waals surface area contributed by atoms with Crippen molar-refractivity contribution in [2.75, 3.05) is 4.90 Å². The van der Waals surface area contributed by atoms with Gasteiger partial charge in [0.1, 0.15) is 0 Å². The number of anilines is 2. The van der Waals surface area contributed by atoms with E-state index >= 15 is 0 Å². The largest absolute Gasteiger partial charge is 0.310 e. The number of hydrogen-bond acceptors (Lipinski definition) is 2. The number of aromatic nitrogens is 1. The minimum atomic E-state index is 0.425. The maximum atomic E-state index is 5.33. The van der Waals surface area contributed by atoms with Crippen molar-refractivity contribution in [3.63, 3.8) is 0 Å². The van der Waals surface area contributed by atoms with E-state index in [1.807, 2.05) is 61.5 Å². The highest BCUT2D eigenvalue weighted by Gasteiger charge is 2.29. The fourth-order valence-corrected chi connectivity index (χ4v) is 8.50. The van der Waals surface area contributed by atoms with E-state index in [-0.39, 0.29) is 0 Å². The second-order valence-electron chi connectivity index (χ2n) is 15.6. The molecule has 5 nitrogen and oxygen atoms in total. The second kappa shape index (κ2) is 19.7. The zero-order valence-corrected chi connectivity index (χ0v) is 36.5. The molecular formula is C60H49N5. The van der Waals surface area contributed by atoms with Gasteiger partial charge in [-0.3, -0.25) is 4.99 Å². The van der Waals surface area contributed by atoms with Crippen molar-refractivity contribution in [2.45, 2.75) is 19.9 Å². The summed E-state index contributed by atoms with van der Waals surface area (Å²) < 4.78 is 2.34. The van der Waals surface area contributed by atoms with Gasteiger partial charge in [0.05, 0.1) is 23.5 Å². The second-order valence-corrected chi connectivity index (χ2v) is 15.6. The van der Waals surface area contributed by atoms with Crippen LogP contribution in [0.15, 0.2) is 246 Å². The average molecular weight is 840 g/mol. The fourth-order valence-electron chi connectivity index (χ4n) is 8.50. The number of hydrogen-bond donors (Lipinski definition) is 0. The lowest BCUT2D eigenvalue weighted by Gasteiger charge is -2.29. The van der Waals surface area contributed by atoms with Crippen LogP contribution < -0.4 is 4.90 Å². The van der Waals surface area contributed by atoms with Gasteiger partial charge in [-0.2, -0.15) is 0 Å². The molecule has 7 aromatic carbocycles. The van der Waals surface area contributed by atoms with Crippen LogP contribution in [-0.4, -0.2) is 23.0 Å². The summed E-state index contributed by atoms with van der Waals surface area (Å²) >= 11 is 0. The Morgan fingerprint density at radius 1 is 0.646 bits per heavy atom. The average Bonchev–Trinajstić information content (AvgIpc) is 3.55. The molecule has 0 spiro atoms. The van der Waals surface area contributed by atoms with Crippen molar-refractivity contribution in [1.82, 2.24) is 4.57 Å². The van der Waals surface area contributed by atoms with Gasteiger partial charge in [-0.25, -0.2) is 9.98 Å². The summed E-state index contributed by atoms with van der Waals surface area (Å²) in [4.78, 5) is 17.5. The Hall–Kier alpha value is -8.41. The SMILES string of the molecule is C=C/C=C(\C=C/C)n1c2c(c3c(C(N=C(N=C)c4ccccc4)=NCc4ccccc4)cccc31)C(N(c1ccc(-c3ccccc3)cc1)c1ccc(-c3ccccc3)cc1)=CCC=C2. The molecule has 1 heterocycles. The third-order valence-corrected chi connectivity index (χ3v) is 11.5. The molecule has 0 saturated heterocycles. The highest BCUT2D eigenvalue weighted by Crippen LogP contribution is 2.45. The van der Waals surface area contributed by atoms with Crippen molar-refractivity contribution in [3.8, 4) is 22.3 Å². The zero-order valence-electron chi connectivity index (χ0n) is 36.5. The Labute approximate surface area is 382 Å². The highest BCUT2D eigenvalue weighted by atomic mass is 15.2. The number of benzene rings is 7. The van der Waals surface area contributed by atoms with E-state index in [9.17, 15) is 0 Å². The highest BCUT2D eigenvalue weighted by molar-refractivity contribution is 6.20. The molecule has 5 heteroatoms. The normalized spacial score (nSPS) is 13.1. The predicted molar refractivity (Wildman–Crippen MR) is 278 cm³/mol. The molecule has 1 aliphatic rings. The van der Waals surface area contributed by atoms with Crippen LogP contribution in [0.3, 0.4) is 0 Å². The molecule has 314 valence electrons. The molecule has 0 amide bonds. The Morgan fingerprint density at radius 2 is 1.22 bits per heavy atom. The summed E-state index contributed by atoms with van der Waals surface area (Å²) in [6, 6.07) is 65.5.